The van der Waals surface area contributed by atoms with Gasteiger partial charge in [-0.25, -0.2) is 0 Å². The normalized spacial score (nSPS) is 10.1. The van der Waals surface area contributed by atoms with Gasteiger partial charge in [-0.1, -0.05) is 18.2 Å². The fraction of sp³-hybridized carbons (Fsp3) is 0.417. The van der Waals surface area contributed by atoms with Crippen LogP contribution in [0.5, 0.6) is 0 Å². The fourth-order valence-corrected chi connectivity index (χ4v) is 2.09. The fourth-order valence-electron chi connectivity index (χ4n) is 1.34. The quantitative estimate of drug-likeness (QED) is 0.653. The minimum absolute atomic E-state index is 0.314. The summed E-state index contributed by atoms with van der Waals surface area (Å²) in [4.78, 5) is 12.7. The maximum absolute atomic E-state index is 11.3. The van der Waals surface area contributed by atoms with Crippen molar-refractivity contribution in [2.45, 2.75) is 32.6 Å². The van der Waals surface area contributed by atoms with E-state index in [1.54, 1.807) is 11.3 Å². The molecule has 1 aromatic heterocycles. The molecule has 0 aromatic carbocycles. The first kappa shape index (κ1) is 11.2. The van der Waals surface area contributed by atoms with Gasteiger partial charge in [0.1, 0.15) is 5.78 Å². The zero-order valence-corrected chi connectivity index (χ0v) is 9.40. The highest BCUT2D eigenvalue weighted by Gasteiger charge is 2.02. The van der Waals surface area contributed by atoms with E-state index in [0.29, 0.717) is 18.6 Å². The van der Waals surface area contributed by atoms with Crippen LogP contribution in [0.3, 0.4) is 0 Å². The second-order valence-electron chi connectivity index (χ2n) is 3.61. The van der Waals surface area contributed by atoms with Gasteiger partial charge >= 0.3 is 0 Å². The van der Waals surface area contributed by atoms with Gasteiger partial charge in [0.25, 0.3) is 0 Å². The van der Waals surface area contributed by atoms with Gasteiger partial charge in [0.05, 0.1) is 0 Å². The molecule has 1 nitrogen and oxygen atoms in total. The molecule has 2 heteroatoms. The Morgan fingerprint density at radius 2 is 2.36 bits per heavy atom. The van der Waals surface area contributed by atoms with Gasteiger partial charge in [-0.3, -0.25) is 4.79 Å². The summed E-state index contributed by atoms with van der Waals surface area (Å²) in [5.74, 6) is 0.314. The number of carbonyl (C=O) groups excluding carboxylic acids is 1. The number of thiophene rings is 1. The molecule has 14 heavy (non-hydrogen) atoms. The zero-order valence-electron chi connectivity index (χ0n) is 8.58. The molecule has 0 radical (unpaired) electrons. The molecular formula is C12H16OS. The van der Waals surface area contributed by atoms with E-state index < -0.39 is 0 Å². The highest BCUT2D eigenvalue weighted by molar-refractivity contribution is 7.09. The van der Waals surface area contributed by atoms with Crippen molar-refractivity contribution in [3.05, 3.63) is 34.5 Å². The summed E-state index contributed by atoms with van der Waals surface area (Å²) >= 11 is 1.76. The largest absolute Gasteiger partial charge is 0.299 e. The van der Waals surface area contributed by atoms with E-state index in [4.69, 9.17) is 0 Å². The lowest BCUT2D eigenvalue weighted by Gasteiger charge is -1.99. The first-order valence-electron chi connectivity index (χ1n) is 4.87. The van der Waals surface area contributed by atoms with Crippen molar-refractivity contribution in [3.8, 4) is 0 Å². The highest BCUT2D eigenvalue weighted by Crippen LogP contribution is 2.12. The molecule has 0 unspecified atom stereocenters. The summed E-state index contributed by atoms with van der Waals surface area (Å²) in [7, 11) is 0. The van der Waals surface area contributed by atoms with E-state index >= 15 is 0 Å². The van der Waals surface area contributed by atoms with Crippen molar-refractivity contribution >= 4 is 17.1 Å². The number of aryl methyl sites for hydroxylation is 1. The maximum Gasteiger partial charge on any atom is 0.136 e. The molecule has 0 aliphatic carbocycles. The van der Waals surface area contributed by atoms with Crippen molar-refractivity contribution in [2.75, 3.05) is 0 Å². The zero-order chi connectivity index (χ0) is 10.4. The Bertz CT molecular complexity index is 298. The molecule has 1 heterocycles. The van der Waals surface area contributed by atoms with Gasteiger partial charge in [0, 0.05) is 17.7 Å². The number of allylic oxidation sites excluding steroid dienone is 1. The lowest BCUT2D eigenvalue weighted by molar-refractivity contribution is -0.118. The van der Waals surface area contributed by atoms with Crippen LogP contribution in [0.25, 0.3) is 0 Å². The molecule has 1 aromatic rings. The van der Waals surface area contributed by atoms with Gasteiger partial charge in [0.15, 0.2) is 0 Å². The van der Waals surface area contributed by atoms with Crippen LogP contribution in [0.1, 0.15) is 31.1 Å². The standard InChI is InChI=1S/C12H16OS/c1-10(2)9-11(13)5-3-6-12-7-4-8-14-12/h4,7-8H,1,3,5-6,9H2,2H3. The van der Waals surface area contributed by atoms with Crippen LogP contribution in [0.4, 0.5) is 0 Å². The molecule has 0 saturated heterocycles. The number of hydrogen-bond donors (Lipinski definition) is 0. The Kier molecular flexibility index (Phi) is 4.60. The summed E-state index contributed by atoms with van der Waals surface area (Å²) in [6, 6.07) is 4.17. The van der Waals surface area contributed by atoms with Gasteiger partial charge in [-0.15, -0.1) is 11.3 Å². The van der Waals surface area contributed by atoms with E-state index in [-0.39, 0.29) is 0 Å². The predicted octanol–water partition coefficient (Wildman–Crippen LogP) is 3.61. The van der Waals surface area contributed by atoms with Gasteiger partial charge < -0.3 is 0 Å². The number of ketones is 1. The lowest BCUT2D eigenvalue weighted by atomic mass is 10.1. The molecule has 0 saturated carbocycles. The Hall–Kier alpha value is -0.890. The van der Waals surface area contributed by atoms with Crippen molar-refractivity contribution < 1.29 is 4.79 Å². The van der Waals surface area contributed by atoms with Crippen LogP contribution >= 0.6 is 11.3 Å². The third-order valence-corrected chi connectivity index (χ3v) is 2.89. The number of hydrogen-bond acceptors (Lipinski definition) is 2. The average molecular weight is 208 g/mol. The van der Waals surface area contributed by atoms with Crippen molar-refractivity contribution in [3.63, 3.8) is 0 Å². The third-order valence-electron chi connectivity index (χ3n) is 1.96. The van der Waals surface area contributed by atoms with Crippen LogP contribution < -0.4 is 0 Å². The SMILES string of the molecule is C=C(C)CC(=O)CCCc1cccs1. The summed E-state index contributed by atoms with van der Waals surface area (Å²) in [6.45, 7) is 5.63. The number of carbonyl (C=O) groups is 1. The van der Waals surface area contributed by atoms with Gasteiger partial charge in [0.2, 0.25) is 0 Å². The van der Waals surface area contributed by atoms with E-state index in [9.17, 15) is 4.79 Å². The predicted molar refractivity (Wildman–Crippen MR) is 61.7 cm³/mol. The molecule has 0 amide bonds. The molecule has 0 aliphatic heterocycles. The first-order valence-corrected chi connectivity index (χ1v) is 5.75. The summed E-state index contributed by atoms with van der Waals surface area (Å²) in [6.07, 6.45) is 3.22. The molecule has 0 spiro atoms. The summed E-state index contributed by atoms with van der Waals surface area (Å²) in [5.41, 5.74) is 0.964. The topological polar surface area (TPSA) is 17.1 Å². The minimum Gasteiger partial charge on any atom is -0.299 e. The lowest BCUT2D eigenvalue weighted by Crippen LogP contribution is -1.98. The Labute approximate surface area is 89.5 Å². The maximum atomic E-state index is 11.3. The van der Waals surface area contributed by atoms with Crippen LogP contribution in [-0.4, -0.2) is 5.78 Å². The van der Waals surface area contributed by atoms with Gasteiger partial charge in [-0.05, 0) is 31.2 Å². The molecule has 0 bridgehead atoms. The number of rotatable bonds is 6. The molecule has 76 valence electrons. The monoisotopic (exact) mass is 208 g/mol. The van der Waals surface area contributed by atoms with Crippen molar-refractivity contribution in [1.82, 2.24) is 0 Å². The van der Waals surface area contributed by atoms with Crippen LogP contribution in [0.2, 0.25) is 0 Å². The van der Waals surface area contributed by atoms with E-state index in [2.05, 4.69) is 24.1 Å². The second-order valence-corrected chi connectivity index (χ2v) is 4.64. The van der Waals surface area contributed by atoms with E-state index in [1.165, 1.54) is 4.88 Å². The van der Waals surface area contributed by atoms with Crippen molar-refractivity contribution in [2.24, 2.45) is 0 Å². The molecule has 0 fully saturated rings. The van der Waals surface area contributed by atoms with Crippen molar-refractivity contribution in [1.29, 1.82) is 0 Å². The Balaban J connectivity index is 2.15. The molecular weight excluding hydrogens is 192 g/mol. The third kappa shape index (κ3) is 4.38. The summed E-state index contributed by atoms with van der Waals surface area (Å²) < 4.78 is 0. The second kappa shape index (κ2) is 5.76. The van der Waals surface area contributed by atoms with E-state index in [1.807, 2.05) is 6.92 Å². The van der Waals surface area contributed by atoms with Crippen LogP contribution in [0, 0.1) is 0 Å². The van der Waals surface area contributed by atoms with Crippen LogP contribution in [0.15, 0.2) is 29.7 Å². The van der Waals surface area contributed by atoms with Gasteiger partial charge in [-0.2, -0.15) is 0 Å². The molecule has 1 rings (SSSR count). The van der Waals surface area contributed by atoms with E-state index in [0.717, 1.165) is 18.4 Å². The average Bonchev–Trinajstić information content (AvgIpc) is 2.55. The number of Topliss-reactive ketones (excluding diaryl/α,β-unsaturated/α-hetero) is 1. The first-order chi connectivity index (χ1) is 6.68. The smallest absolute Gasteiger partial charge is 0.136 e. The molecule has 0 N–H and O–H groups in total. The molecule has 0 atom stereocenters. The van der Waals surface area contributed by atoms with Crippen LogP contribution in [-0.2, 0) is 11.2 Å². The Morgan fingerprint density at radius 1 is 1.57 bits per heavy atom. The molecule has 0 aliphatic rings. The highest BCUT2D eigenvalue weighted by atomic mass is 32.1. The summed E-state index contributed by atoms with van der Waals surface area (Å²) in [5, 5.41) is 2.07. The Morgan fingerprint density at radius 3 is 2.93 bits per heavy atom. The minimum atomic E-state index is 0.314.